The summed E-state index contributed by atoms with van der Waals surface area (Å²) in [5.41, 5.74) is 13.3. The Bertz CT molecular complexity index is 1190. The van der Waals surface area contributed by atoms with Crippen LogP contribution in [0.3, 0.4) is 0 Å². The van der Waals surface area contributed by atoms with Crippen molar-refractivity contribution in [1.29, 1.82) is 0 Å². The fourth-order valence-electron chi connectivity index (χ4n) is 2.63. The van der Waals surface area contributed by atoms with Crippen molar-refractivity contribution in [3.8, 4) is 11.3 Å². The number of rotatable bonds is 3. The second-order valence-corrected chi connectivity index (χ2v) is 10.4. The summed E-state index contributed by atoms with van der Waals surface area (Å²) in [5, 5.41) is 2.96. The maximum absolute atomic E-state index is 12.7. The van der Waals surface area contributed by atoms with Gasteiger partial charge in [-0.3, -0.25) is 4.79 Å². The molecule has 0 atom stereocenters. The third-order valence-electron chi connectivity index (χ3n) is 3.75. The zero-order valence-corrected chi connectivity index (χ0v) is 17.5. The normalized spacial score (nSPS) is 12.3. The van der Waals surface area contributed by atoms with E-state index in [9.17, 15) is 13.2 Å². The number of nitrogens with one attached hydrogen (secondary N) is 1. The Morgan fingerprint density at radius 2 is 1.86 bits per heavy atom. The fraction of sp³-hybridized carbons (Fsp3) is 0.278. The SMILES string of the molecule is CC(C)(C)NC(=O)c1sc2nc(S(C)(=O)=O)nc(-c3cccc(N)c3)c2c1N. The van der Waals surface area contributed by atoms with E-state index in [1.807, 2.05) is 20.8 Å². The summed E-state index contributed by atoms with van der Waals surface area (Å²) < 4.78 is 24.2. The van der Waals surface area contributed by atoms with Crippen LogP contribution >= 0.6 is 11.3 Å². The summed E-state index contributed by atoms with van der Waals surface area (Å²) in [6.45, 7) is 5.57. The van der Waals surface area contributed by atoms with Gasteiger partial charge in [-0.2, -0.15) is 0 Å². The first-order valence-electron chi connectivity index (χ1n) is 8.35. The zero-order chi connectivity index (χ0) is 20.9. The molecule has 0 aliphatic carbocycles. The van der Waals surface area contributed by atoms with Gasteiger partial charge in [0.2, 0.25) is 15.0 Å². The number of carbonyl (C=O) groups excluding carboxylic acids is 1. The first kappa shape index (κ1) is 20.0. The van der Waals surface area contributed by atoms with Crippen LogP contribution in [0.2, 0.25) is 0 Å². The van der Waals surface area contributed by atoms with E-state index >= 15 is 0 Å². The summed E-state index contributed by atoms with van der Waals surface area (Å²) in [6.07, 6.45) is 1.03. The lowest BCUT2D eigenvalue weighted by Crippen LogP contribution is -2.40. The molecule has 10 heteroatoms. The Kier molecular flexibility index (Phi) is 4.80. The molecule has 0 spiro atoms. The van der Waals surface area contributed by atoms with E-state index in [2.05, 4.69) is 15.3 Å². The maximum Gasteiger partial charge on any atom is 0.263 e. The van der Waals surface area contributed by atoms with Gasteiger partial charge in [0.1, 0.15) is 9.71 Å². The molecule has 3 aromatic rings. The fourth-order valence-corrected chi connectivity index (χ4v) is 4.19. The minimum atomic E-state index is -3.68. The van der Waals surface area contributed by atoms with E-state index in [-0.39, 0.29) is 21.6 Å². The minimum Gasteiger partial charge on any atom is -0.399 e. The number of hydrogen-bond acceptors (Lipinski definition) is 8. The number of fused-ring (bicyclic) bond motifs is 1. The van der Waals surface area contributed by atoms with E-state index in [0.717, 1.165) is 17.6 Å². The molecule has 0 aliphatic heterocycles. The van der Waals surface area contributed by atoms with Crippen molar-refractivity contribution >= 4 is 48.7 Å². The van der Waals surface area contributed by atoms with E-state index in [0.29, 0.717) is 27.2 Å². The number of benzene rings is 1. The summed E-state index contributed by atoms with van der Waals surface area (Å²) in [4.78, 5) is 21.6. The maximum atomic E-state index is 12.7. The molecule has 0 radical (unpaired) electrons. The highest BCUT2D eigenvalue weighted by atomic mass is 32.2. The number of thiophene rings is 1. The van der Waals surface area contributed by atoms with Crippen molar-refractivity contribution in [2.24, 2.45) is 0 Å². The van der Waals surface area contributed by atoms with Gasteiger partial charge in [-0.15, -0.1) is 11.3 Å². The zero-order valence-electron chi connectivity index (χ0n) is 15.9. The molecule has 1 aromatic carbocycles. The van der Waals surface area contributed by atoms with Crippen LogP contribution in [0.25, 0.3) is 21.5 Å². The Morgan fingerprint density at radius 3 is 2.43 bits per heavy atom. The predicted molar refractivity (Wildman–Crippen MR) is 112 cm³/mol. The standard InChI is InChI=1S/C18H21N5O3S2/c1-18(2,3)23-15(24)14-12(20)11-13(9-6-5-7-10(19)8-9)21-17(28(4,25)26)22-16(11)27-14/h5-8H,19-20H2,1-4H3,(H,23,24). The van der Waals surface area contributed by atoms with E-state index < -0.39 is 15.4 Å². The number of nitrogens with two attached hydrogens (primary N) is 2. The lowest BCUT2D eigenvalue weighted by molar-refractivity contribution is 0.0924. The van der Waals surface area contributed by atoms with Gasteiger partial charge in [0, 0.05) is 23.0 Å². The van der Waals surface area contributed by atoms with Gasteiger partial charge in [-0.25, -0.2) is 18.4 Å². The average molecular weight is 420 g/mol. The van der Waals surface area contributed by atoms with Crippen LogP contribution in [0.4, 0.5) is 11.4 Å². The molecule has 3 rings (SSSR count). The van der Waals surface area contributed by atoms with Crippen molar-refractivity contribution in [2.45, 2.75) is 31.5 Å². The largest absolute Gasteiger partial charge is 0.399 e. The van der Waals surface area contributed by atoms with Crippen molar-refractivity contribution < 1.29 is 13.2 Å². The van der Waals surface area contributed by atoms with Crippen molar-refractivity contribution in [3.05, 3.63) is 29.1 Å². The third-order valence-corrected chi connectivity index (χ3v) is 5.70. The number of hydrogen-bond donors (Lipinski definition) is 3. The van der Waals surface area contributed by atoms with Gasteiger partial charge in [0.25, 0.3) is 5.91 Å². The monoisotopic (exact) mass is 419 g/mol. The molecular weight excluding hydrogens is 398 g/mol. The highest BCUT2D eigenvalue weighted by Gasteiger charge is 2.26. The number of carbonyl (C=O) groups is 1. The molecule has 0 saturated heterocycles. The van der Waals surface area contributed by atoms with Crippen LogP contribution in [-0.2, 0) is 9.84 Å². The lowest BCUT2D eigenvalue weighted by atomic mass is 10.1. The molecule has 2 heterocycles. The first-order chi connectivity index (χ1) is 12.9. The van der Waals surface area contributed by atoms with Crippen LogP contribution in [-0.4, -0.2) is 36.1 Å². The topological polar surface area (TPSA) is 141 Å². The molecule has 0 fully saturated rings. The summed E-state index contributed by atoms with van der Waals surface area (Å²) in [5.74, 6) is -0.354. The van der Waals surface area contributed by atoms with Gasteiger partial charge < -0.3 is 16.8 Å². The molecule has 8 nitrogen and oxygen atoms in total. The van der Waals surface area contributed by atoms with E-state index in [1.54, 1.807) is 24.3 Å². The second kappa shape index (κ2) is 6.71. The van der Waals surface area contributed by atoms with Gasteiger partial charge in [-0.1, -0.05) is 12.1 Å². The number of nitrogen functional groups attached to an aromatic ring is 2. The second-order valence-electron chi connectivity index (χ2n) is 7.48. The van der Waals surface area contributed by atoms with Crippen LogP contribution in [0, 0.1) is 0 Å². The van der Waals surface area contributed by atoms with Crippen molar-refractivity contribution in [3.63, 3.8) is 0 Å². The van der Waals surface area contributed by atoms with E-state index in [4.69, 9.17) is 11.5 Å². The van der Waals surface area contributed by atoms with E-state index in [1.165, 1.54) is 0 Å². The number of sulfone groups is 1. The van der Waals surface area contributed by atoms with Gasteiger partial charge in [0.05, 0.1) is 16.8 Å². The Hall–Kier alpha value is -2.72. The molecule has 1 amide bonds. The van der Waals surface area contributed by atoms with Gasteiger partial charge >= 0.3 is 0 Å². The molecule has 148 valence electrons. The highest BCUT2D eigenvalue weighted by Crippen LogP contribution is 2.39. The minimum absolute atomic E-state index is 0.208. The number of aromatic nitrogens is 2. The van der Waals surface area contributed by atoms with Crippen LogP contribution < -0.4 is 16.8 Å². The molecule has 0 bridgehead atoms. The first-order valence-corrected chi connectivity index (χ1v) is 11.1. The summed E-state index contributed by atoms with van der Waals surface area (Å²) in [6, 6.07) is 6.85. The Morgan fingerprint density at radius 1 is 1.18 bits per heavy atom. The van der Waals surface area contributed by atoms with Crippen molar-refractivity contribution in [2.75, 3.05) is 17.7 Å². The molecule has 0 unspecified atom stereocenters. The average Bonchev–Trinajstić information content (AvgIpc) is 2.89. The quantitative estimate of drug-likeness (QED) is 0.437. The highest BCUT2D eigenvalue weighted by molar-refractivity contribution is 7.90. The van der Waals surface area contributed by atoms with Gasteiger partial charge in [0.15, 0.2) is 0 Å². The Labute approximate surface area is 166 Å². The molecule has 2 aromatic heterocycles. The van der Waals surface area contributed by atoms with Crippen molar-refractivity contribution in [1.82, 2.24) is 15.3 Å². The molecule has 5 N–H and O–H groups in total. The Balaban J connectivity index is 2.33. The predicted octanol–water partition coefficient (Wildman–Crippen LogP) is 2.45. The molecular formula is C18H21N5O3S2. The number of amides is 1. The summed E-state index contributed by atoms with van der Waals surface area (Å²) >= 11 is 1.03. The van der Waals surface area contributed by atoms with Crippen LogP contribution in [0.1, 0.15) is 30.4 Å². The number of nitrogens with zero attached hydrogens (tertiary/aromatic N) is 2. The van der Waals surface area contributed by atoms with Crippen LogP contribution in [0.15, 0.2) is 29.4 Å². The summed E-state index contributed by atoms with van der Waals surface area (Å²) in [7, 11) is -3.68. The van der Waals surface area contributed by atoms with Gasteiger partial charge in [-0.05, 0) is 32.9 Å². The molecule has 0 saturated carbocycles. The molecule has 28 heavy (non-hydrogen) atoms. The number of anilines is 2. The molecule has 0 aliphatic rings. The third kappa shape index (κ3) is 3.92. The smallest absolute Gasteiger partial charge is 0.263 e. The van der Waals surface area contributed by atoms with Crippen LogP contribution in [0.5, 0.6) is 0 Å². The lowest BCUT2D eigenvalue weighted by Gasteiger charge is -2.20.